The van der Waals surface area contributed by atoms with Crippen LogP contribution in [0.5, 0.6) is 0 Å². The molecule has 1 aromatic carbocycles. The average molecular weight is 279 g/mol. The van der Waals surface area contributed by atoms with E-state index in [2.05, 4.69) is 23.9 Å². The number of hydrogen-bond donors (Lipinski definition) is 1. The van der Waals surface area contributed by atoms with E-state index in [1.54, 1.807) is 0 Å². The second-order valence-corrected chi connectivity index (χ2v) is 5.94. The van der Waals surface area contributed by atoms with E-state index in [-0.39, 0.29) is 11.9 Å². The standard InChI is InChI=1S/C16H22FNO2/c1-10-6-11(2)8-13(7-10)18-15-9-12(16(19)20-3)4-5-14(15)17/h4-5,9-11,13,18H,6-8H2,1-3H3. The van der Waals surface area contributed by atoms with Crippen LogP contribution in [0.15, 0.2) is 18.2 Å². The molecular weight excluding hydrogens is 257 g/mol. The molecular formula is C16H22FNO2. The van der Waals surface area contributed by atoms with Crippen LogP contribution in [0.1, 0.15) is 43.5 Å². The third-order valence-corrected chi connectivity index (χ3v) is 3.93. The monoisotopic (exact) mass is 279 g/mol. The maximum Gasteiger partial charge on any atom is 0.337 e. The minimum absolute atomic E-state index is 0.260. The maximum absolute atomic E-state index is 13.9. The molecule has 1 aliphatic rings. The molecule has 0 amide bonds. The van der Waals surface area contributed by atoms with Crippen molar-refractivity contribution in [3.63, 3.8) is 0 Å². The molecule has 0 spiro atoms. The Labute approximate surface area is 119 Å². The topological polar surface area (TPSA) is 38.3 Å². The first kappa shape index (κ1) is 14.8. The zero-order chi connectivity index (χ0) is 14.7. The van der Waals surface area contributed by atoms with Crippen LogP contribution in [0.2, 0.25) is 0 Å². The highest BCUT2D eigenvalue weighted by Crippen LogP contribution is 2.31. The van der Waals surface area contributed by atoms with E-state index in [1.807, 2.05) is 0 Å². The molecule has 1 saturated carbocycles. The molecule has 0 saturated heterocycles. The van der Waals surface area contributed by atoms with Gasteiger partial charge in [-0.05, 0) is 49.3 Å². The van der Waals surface area contributed by atoms with Crippen LogP contribution in [0.3, 0.4) is 0 Å². The largest absolute Gasteiger partial charge is 0.465 e. The second-order valence-electron chi connectivity index (χ2n) is 5.94. The number of carbonyl (C=O) groups excluding carboxylic acids is 1. The molecule has 3 nitrogen and oxygen atoms in total. The van der Waals surface area contributed by atoms with Gasteiger partial charge in [0.1, 0.15) is 5.82 Å². The fourth-order valence-electron chi connectivity index (χ4n) is 3.17. The third kappa shape index (κ3) is 3.50. The summed E-state index contributed by atoms with van der Waals surface area (Å²) in [6.07, 6.45) is 3.29. The molecule has 110 valence electrons. The Morgan fingerprint density at radius 1 is 1.25 bits per heavy atom. The van der Waals surface area contributed by atoms with Crippen molar-refractivity contribution in [2.45, 2.75) is 39.2 Å². The van der Waals surface area contributed by atoms with Crippen LogP contribution >= 0.6 is 0 Å². The Morgan fingerprint density at radius 3 is 2.50 bits per heavy atom. The summed E-state index contributed by atoms with van der Waals surface area (Å²) >= 11 is 0. The SMILES string of the molecule is COC(=O)c1ccc(F)c(NC2CC(C)CC(C)C2)c1. The van der Waals surface area contributed by atoms with E-state index < -0.39 is 5.97 Å². The maximum atomic E-state index is 13.9. The van der Waals surface area contributed by atoms with Gasteiger partial charge in [0.25, 0.3) is 0 Å². The third-order valence-electron chi connectivity index (χ3n) is 3.93. The van der Waals surface area contributed by atoms with E-state index in [0.29, 0.717) is 23.1 Å². The highest BCUT2D eigenvalue weighted by Gasteiger charge is 2.24. The number of halogens is 1. The van der Waals surface area contributed by atoms with Crippen molar-refractivity contribution in [1.29, 1.82) is 0 Å². The summed E-state index contributed by atoms with van der Waals surface area (Å²) < 4.78 is 18.5. The lowest BCUT2D eigenvalue weighted by Gasteiger charge is -2.32. The first-order valence-electron chi connectivity index (χ1n) is 7.14. The highest BCUT2D eigenvalue weighted by molar-refractivity contribution is 5.90. The Hall–Kier alpha value is -1.58. The molecule has 0 heterocycles. The number of rotatable bonds is 3. The normalized spacial score (nSPS) is 26.1. The number of ether oxygens (including phenoxy) is 1. The Kier molecular flexibility index (Phi) is 4.63. The van der Waals surface area contributed by atoms with Crippen molar-refractivity contribution in [3.05, 3.63) is 29.6 Å². The highest BCUT2D eigenvalue weighted by atomic mass is 19.1. The van der Waals surface area contributed by atoms with Crippen LogP contribution in [-0.2, 0) is 4.74 Å². The Balaban J connectivity index is 2.13. The molecule has 1 aromatic rings. The number of hydrogen-bond acceptors (Lipinski definition) is 3. The van der Waals surface area contributed by atoms with Crippen molar-refractivity contribution in [3.8, 4) is 0 Å². The van der Waals surface area contributed by atoms with Gasteiger partial charge in [0.2, 0.25) is 0 Å². The smallest absolute Gasteiger partial charge is 0.337 e. The molecule has 0 aromatic heterocycles. The Bertz CT molecular complexity index is 479. The van der Waals surface area contributed by atoms with Crippen LogP contribution in [0, 0.1) is 17.7 Å². The average Bonchev–Trinajstić information content (AvgIpc) is 2.39. The number of esters is 1. The summed E-state index contributed by atoms with van der Waals surface area (Å²) in [6, 6.07) is 4.55. The minimum Gasteiger partial charge on any atom is -0.465 e. The fourth-order valence-corrected chi connectivity index (χ4v) is 3.17. The van der Waals surface area contributed by atoms with Gasteiger partial charge in [0.15, 0.2) is 0 Å². The predicted molar refractivity (Wildman–Crippen MR) is 77.3 cm³/mol. The molecule has 1 fully saturated rings. The summed E-state index contributed by atoms with van der Waals surface area (Å²) in [5, 5.41) is 3.25. The van der Waals surface area contributed by atoms with Gasteiger partial charge in [-0.15, -0.1) is 0 Å². The molecule has 0 radical (unpaired) electrons. The zero-order valence-electron chi connectivity index (χ0n) is 12.3. The number of carbonyl (C=O) groups is 1. The molecule has 0 aliphatic heterocycles. The van der Waals surface area contributed by atoms with E-state index in [0.717, 1.165) is 12.8 Å². The van der Waals surface area contributed by atoms with Crippen molar-refractivity contribution in [2.24, 2.45) is 11.8 Å². The summed E-state index contributed by atoms with van der Waals surface area (Å²) in [6.45, 7) is 4.46. The van der Waals surface area contributed by atoms with E-state index in [4.69, 9.17) is 0 Å². The van der Waals surface area contributed by atoms with Gasteiger partial charge in [0.05, 0.1) is 18.4 Å². The lowest BCUT2D eigenvalue weighted by molar-refractivity contribution is 0.0600. The Morgan fingerprint density at radius 2 is 1.90 bits per heavy atom. The van der Waals surface area contributed by atoms with E-state index >= 15 is 0 Å². The first-order chi connectivity index (χ1) is 9.49. The van der Waals surface area contributed by atoms with E-state index in [1.165, 1.54) is 31.7 Å². The van der Waals surface area contributed by atoms with Crippen LogP contribution in [0.25, 0.3) is 0 Å². The molecule has 2 unspecified atom stereocenters. The van der Waals surface area contributed by atoms with Crippen molar-refractivity contribution >= 4 is 11.7 Å². The van der Waals surface area contributed by atoms with Crippen LogP contribution < -0.4 is 5.32 Å². The van der Waals surface area contributed by atoms with Gasteiger partial charge in [-0.1, -0.05) is 13.8 Å². The van der Waals surface area contributed by atoms with E-state index in [9.17, 15) is 9.18 Å². The van der Waals surface area contributed by atoms with Crippen molar-refractivity contribution < 1.29 is 13.9 Å². The van der Waals surface area contributed by atoms with Crippen LogP contribution in [-0.4, -0.2) is 19.1 Å². The molecule has 1 aliphatic carbocycles. The summed E-state index contributed by atoms with van der Waals surface area (Å²) in [5.41, 5.74) is 0.757. The van der Waals surface area contributed by atoms with Gasteiger partial charge < -0.3 is 10.1 Å². The molecule has 0 bridgehead atoms. The quantitative estimate of drug-likeness (QED) is 0.854. The predicted octanol–water partition coefficient (Wildman–Crippen LogP) is 3.85. The molecule has 20 heavy (non-hydrogen) atoms. The number of methoxy groups -OCH3 is 1. The van der Waals surface area contributed by atoms with Crippen LogP contribution in [0.4, 0.5) is 10.1 Å². The summed E-state index contributed by atoms with van der Waals surface area (Å²) in [7, 11) is 1.32. The van der Waals surface area contributed by atoms with Gasteiger partial charge in [-0.2, -0.15) is 0 Å². The first-order valence-corrected chi connectivity index (χ1v) is 7.14. The molecule has 1 N–H and O–H groups in total. The van der Waals surface area contributed by atoms with Gasteiger partial charge >= 0.3 is 5.97 Å². The fraction of sp³-hybridized carbons (Fsp3) is 0.562. The molecule has 4 heteroatoms. The lowest BCUT2D eigenvalue weighted by atomic mass is 9.80. The van der Waals surface area contributed by atoms with Gasteiger partial charge in [-0.3, -0.25) is 0 Å². The van der Waals surface area contributed by atoms with Gasteiger partial charge in [0, 0.05) is 6.04 Å². The van der Waals surface area contributed by atoms with Gasteiger partial charge in [-0.25, -0.2) is 9.18 Å². The minimum atomic E-state index is -0.446. The van der Waals surface area contributed by atoms with Crippen molar-refractivity contribution in [1.82, 2.24) is 0 Å². The molecule has 2 atom stereocenters. The summed E-state index contributed by atoms with van der Waals surface area (Å²) in [4.78, 5) is 11.5. The summed E-state index contributed by atoms with van der Waals surface area (Å²) in [5.74, 6) is 0.508. The zero-order valence-corrected chi connectivity index (χ0v) is 12.3. The number of benzene rings is 1. The number of anilines is 1. The second kappa shape index (κ2) is 6.25. The van der Waals surface area contributed by atoms with Crippen molar-refractivity contribution in [2.75, 3.05) is 12.4 Å². The lowest BCUT2D eigenvalue weighted by Crippen LogP contribution is -2.30. The number of nitrogens with one attached hydrogen (secondary N) is 1. The molecule has 2 rings (SSSR count).